The maximum absolute atomic E-state index is 12.9. The van der Waals surface area contributed by atoms with E-state index in [1.54, 1.807) is 24.3 Å². The number of alkyl halides is 3. The van der Waals surface area contributed by atoms with Gasteiger partial charge in [-0.05, 0) is 24.3 Å². The van der Waals surface area contributed by atoms with Gasteiger partial charge in [-0.3, -0.25) is 4.79 Å². The number of para-hydroxylation sites is 1. The van der Waals surface area contributed by atoms with Crippen LogP contribution in [0.15, 0.2) is 47.4 Å². The minimum absolute atomic E-state index is 0.182. The van der Waals surface area contributed by atoms with Gasteiger partial charge in [0, 0.05) is 25.1 Å². The summed E-state index contributed by atoms with van der Waals surface area (Å²) in [6.45, 7) is -0.105. The lowest BCUT2D eigenvalue weighted by Gasteiger charge is -2.12. The van der Waals surface area contributed by atoms with Crippen LogP contribution in [-0.4, -0.2) is 28.0 Å². The van der Waals surface area contributed by atoms with Gasteiger partial charge in [-0.1, -0.05) is 29.8 Å². The molecule has 0 aliphatic carbocycles. The van der Waals surface area contributed by atoms with Gasteiger partial charge in [0.15, 0.2) is 0 Å². The van der Waals surface area contributed by atoms with Crippen molar-refractivity contribution in [1.82, 2.24) is 10.0 Å². The highest BCUT2D eigenvalue weighted by Gasteiger charge is 2.34. The van der Waals surface area contributed by atoms with Gasteiger partial charge in [-0.2, -0.15) is 13.2 Å². The summed E-state index contributed by atoms with van der Waals surface area (Å²) in [6.07, 6.45) is -4.99. The van der Waals surface area contributed by atoms with Crippen molar-refractivity contribution >= 4 is 27.5 Å². The van der Waals surface area contributed by atoms with E-state index in [1.165, 1.54) is 7.11 Å². The SMILES string of the molecule is COc1ccccc1CNC(=O)CCNS(=O)(=O)c1ccc(Cl)c(C(F)(F)F)c1. The lowest BCUT2D eigenvalue weighted by molar-refractivity contribution is -0.137. The predicted octanol–water partition coefficient (Wildman–Crippen LogP) is 3.35. The van der Waals surface area contributed by atoms with Crippen LogP contribution in [0.5, 0.6) is 5.75 Å². The van der Waals surface area contributed by atoms with Gasteiger partial charge in [0.05, 0.1) is 22.6 Å². The number of hydrogen-bond donors (Lipinski definition) is 2. The first-order valence-corrected chi connectivity index (χ1v) is 10.2. The molecule has 0 saturated carbocycles. The number of hydrogen-bond acceptors (Lipinski definition) is 4. The lowest BCUT2D eigenvalue weighted by atomic mass is 10.2. The van der Waals surface area contributed by atoms with Crippen molar-refractivity contribution < 1.29 is 31.1 Å². The van der Waals surface area contributed by atoms with Gasteiger partial charge in [0.25, 0.3) is 0 Å². The quantitative estimate of drug-likeness (QED) is 0.646. The Labute approximate surface area is 171 Å². The van der Waals surface area contributed by atoms with Crippen LogP contribution >= 0.6 is 11.6 Å². The summed E-state index contributed by atoms with van der Waals surface area (Å²) < 4.78 is 70.3. The topological polar surface area (TPSA) is 84.5 Å². The second-order valence-electron chi connectivity index (χ2n) is 5.88. The summed E-state index contributed by atoms with van der Waals surface area (Å²) in [6, 6.07) is 9.32. The van der Waals surface area contributed by atoms with Crippen LogP contribution in [0.4, 0.5) is 13.2 Å². The van der Waals surface area contributed by atoms with Crippen LogP contribution in [0.3, 0.4) is 0 Å². The summed E-state index contributed by atoms with van der Waals surface area (Å²) >= 11 is 5.49. The van der Waals surface area contributed by atoms with Crippen molar-refractivity contribution in [2.75, 3.05) is 13.7 Å². The number of methoxy groups -OCH3 is 1. The van der Waals surface area contributed by atoms with E-state index in [1.807, 2.05) is 0 Å². The number of halogens is 4. The second kappa shape index (κ2) is 9.47. The maximum atomic E-state index is 12.9. The van der Waals surface area contributed by atoms with E-state index < -0.39 is 37.6 Å². The van der Waals surface area contributed by atoms with Crippen molar-refractivity contribution in [3.8, 4) is 5.75 Å². The first kappa shape index (κ1) is 23.0. The zero-order valence-electron chi connectivity index (χ0n) is 15.2. The Bertz CT molecular complexity index is 981. The Hall–Kier alpha value is -2.30. The fourth-order valence-corrected chi connectivity index (χ4v) is 3.68. The highest BCUT2D eigenvalue weighted by Crippen LogP contribution is 2.35. The van der Waals surface area contributed by atoms with E-state index in [0.29, 0.717) is 11.8 Å². The van der Waals surface area contributed by atoms with Crippen LogP contribution in [0, 0.1) is 0 Å². The third-order valence-electron chi connectivity index (χ3n) is 3.87. The van der Waals surface area contributed by atoms with Gasteiger partial charge in [-0.25, -0.2) is 13.1 Å². The van der Waals surface area contributed by atoms with E-state index in [2.05, 4.69) is 10.0 Å². The normalized spacial score (nSPS) is 11.9. The molecule has 2 N–H and O–H groups in total. The Balaban J connectivity index is 1.93. The monoisotopic (exact) mass is 450 g/mol. The molecule has 0 aliphatic heterocycles. The first-order valence-electron chi connectivity index (χ1n) is 8.29. The molecule has 0 bridgehead atoms. The zero-order chi connectivity index (χ0) is 21.7. The lowest BCUT2D eigenvalue weighted by Crippen LogP contribution is -2.30. The molecular formula is C18H18ClF3N2O4S. The second-order valence-corrected chi connectivity index (χ2v) is 8.05. The average Bonchev–Trinajstić information content (AvgIpc) is 2.65. The Morgan fingerprint density at radius 2 is 1.86 bits per heavy atom. The van der Waals surface area contributed by atoms with Crippen molar-refractivity contribution in [3.05, 3.63) is 58.6 Å². The molecule has 0 aromatic heterocycles. The number of benzene rings is 2. The van der Waals surface area contributed by atoms with E-state index in [9.17, 15) is 26.4 Å². The molecule has 2 aromatic carbocycles. The van der Waals surface area contributed by atoms with Crippen molar-refractivity contribution in [2.45, 2.75) is 24.0 Å². The first-order chi connectivity index (χ1) is 13.5. The van der Waals surface area contributed by atoms with E-state index in [0.717, 1.165) is 17.7 Å². The molecule has 1 amide bonds. The summed E-state index contributed by atoms with van der Waals surface area (Å²) in [7, 11) is -2.75. The Kier molecular flexibility index (Phi) is 7.50. The molecule has 11 heteroatoms. The number of amides is 1. The molecule has 29 heavy (non-hydrogen) atoms. The van der Waals surface area contributed by atoms with E-state index in [-0.39, 0.29) is 19.5 Å². The zero-order valence-corrected chi connectivity index (χ0v) is 16.8. The molecule has 2 aromatic rings. The van der Waals surface area contributed by atoms with E-state index >= 15 is 0 Å². The molecule has 0 fully saturated rings. The molecule has 2 rings (SSSR count). The average molecular weight is 451 g/mol. The van der Waals surface area contributed by atoms with Crippen LogP contribution in [-0.2, 0) is 27.5 Å². The number of nitrogens with one attached hydrogen (secondary N) is 2. The molecule has 0 radical (unpaired) electrons. The van der Waals surface area contributed by atoms with Gasteiger partial charge in [-0.15, -0.1) is 0 Å². The summed E-state index contributed by atoms with van der Waals surface area (Å²) in [5.74, 6) is 0.155. The molecular weight excluding hydrogens is 433 g/mol. The van der Waals surface area contributed by atoms with Gasteiger partial charge >= 0.3 is 6.18 Å². The summed E-state index contributed by atoms with van der Waals surface area (Å²) in [5.41, 5.74) is -0.513. The summed E-state index contributed by atoms with van der Waals surface area (Å²) in [4.78, 5) is 11.3. The third-order valence-corrected chi connectivity index (χ3v) is 5.65. The van der Waals surface area contributed by atoms with Crippen LogP contribution in [0.1, 0.15) is 17.5 Å². The number of sulfonamides is 1. The molecule has 0 aliphatic rings. The highest BCUT2D eigenvalue weighted by atomic mass is 35.5. The van der Waals surface area contributed by atoms with Crippen LogP contribution < -0.4 is 14.8 Å². The standard InChI is InChI=1S/C18H18ClF3N2O4S/c1-28-16-5-3-2-4-12(16)11-23-17(25)8-9-24-29(26,27)13-6-7-15(19)14(10-13)18(20,21)22/h2-7,10,24H,8-9,11H2,1H3,(H,23,25). The fraction of sp³-hybridized carbons (Fsp3) is 0.278. The van der Waals surface area contributed by atoms with Crippen LogP contribution in [0.2, 0.25) is 5.02 Å². The molecule has 0 atom stereocenters. The van der Waals surface area contributed by atoms with Crippen molar-refractivity contribution in [2.24, 2.45) is 0 Å². The number of carbonyl (C=O) groups is 1. The minimum Gasteiger partial charge on any atom is -0.496 e. The van der Waals surface area contributed by atoms with E-state index in [4.69, 9.17) is 16.3 Å². The number of carbonyl (C=O) groups excluding carboxylic acids is 1. The van der Waals surface area contributed by atoms with Crippen molar-refractivity contribution in [3.63, 3.8) is 0 Å². The van der Waals surface area contributed by atoms with Crippen LogP contribution in [0.25, 0.3) is 0 Å². The maximum Gasteiger partial charge on any atom is 0.417 e. The molecule has 0 spiro atoms. The highest BCUT2D eigenvalue weighted by molar-refractivity contribution is 7.89. The number of rotatable bonds is 8. The molecule has 0 heterocycles. The molecule has 0 saturated heterocycles. The predicted molar refractivity (Wildman–Crippen MR) is 101 cm³/mol. The third kappa shape index (κ3) is 6.34. The largest absolute Gasteiger partial charge is 0.496 e. The Morgan fingerprint density at radius 1 is 1.17 bits per heavy atom. The van der Waals surface area contributed by atoms with Gasteiger partial charge < -0.3 is 10.1 Å². The molecule has 0 unspecified atom stereocenters. The van der Waals surface area contributed by atoms with Gasteiger partial charge in [0.2, 0.25) is 15.9 Å². The van der Waals surface area contributed by atoms with Crippen molar-refractivity contribution in [1.29, 1.82) is 0 Å². The number of ether oxygens (including phenoxy) is 1. The fourth-order valence-electron chi connectivity index (χ4n) is 2.40. The molecule has 6 nitrogen and oxygen atoms in total. The smallest absolute Gasteiger partial charge is 0.417 e. The minimum atomic E-state index is -4.79. The Morgan fingerprint density at radius 3 is 2.52 bits per heavy atom. The summed E-state index contributed by atoms with van der Waals surface area (Å²) in [5, 5.41) is 2.01. The molecule has 158 valence electrons. The van der Waals surface area contributed by atoms with Gasteiger partial charge in [0.1, 0.15) is 5.75 Å².